The van der Waals surface area contributed by atoms with Crippen molar-refractivity contribution in [1.82, 2.24) is 10.3 Å². The third kappa shape index (κ3) is 4.22. The minimum atomic E-state index is -0.469. The monoisotopic (exact) mass is 437 g/mol. The highest BCUT2D eigenvalue weighted by molar-refractivity contribution is 7.80. The number of aromatic nitrogens is 1. The van der Waals surface area contributed by atoms with Crippen LogP contribution < -0.4 is 10.6 Å². The van der Waals surface area contributed by atoms with Crippen molar-refractivity contribution >= 4 is 56.6 Å². The SMILES string of the molecule is COC(=O)c1ccc(C(=O)NC(=S)Nc2nc(-c3cc4ccccc4o3)cs2)cc1. The molecule has 2 aromatic heterocycles. The van der Waals surface area contributed by atoms with E-state index in [-0.39, 0.29) is 5.11 Å². The molecule has 0 spiro atoms. The van der Waals surface area contributed by atoms with Gasteiger partial charge in [-0.2, -0.15) is 0 Å². The summed E-state index contributed by atoms with van der Waals surface area (Å²) in [5.74, 6) is -0.220. The lowest BCUT2D eigenvalue weighted by Gasteiger charge is -2.07. The van der Waals surface area contributed by atoms with Gasteiger partial charge in [0.15, 0.2) is 16.0 Å². The number of thiazole rings is 1. The van der Waals surface area contributed by atoms with Crippen molar-refractivity contribution in [1.29, 1.82) is 0 Å². The Hall–Kier alpha value is -3.56. The van der Waals surface area contributed by atoms with Crippen molar-refractivity contribution in [3.63, 3.8) is 0 Å². The van der Waals surface area contributed by atoms with Gasteiger partial charge >= 0.3 is 5.97 Å². The number of amides is 1. The number of fused-ring (bicyclic) bond motifs is 1. The van der Waals surface area contributed by atoms with Gasteiger partial charge in [0.1, 0.15) is 11.3 Å². The van der Waals surface area contributed by atoms with Gasteiger partial charge in [-0.25, -0.2) is 9.78 Å². The summed E-state index contributed by atoms with van der Waals surface area (Å²) in [4.78, 5) is 28.3. The zero-order valence-electron chi connectivity index (χ0n) is 15.7. The topological polar surface area (TPSA) is 93.5 Å². The van der Waals surface area contributed by atoms with Crippen LogP contribution in [0.25, 0.3) is 22.4 Å². The van der Waals surface area contributed by atoms with Crippen molar-refractivity contribution in [2.45, 2.75) is 0 Å². The summed E-state index contributed by atoms with van der Waals surface area (Å²) >= 11 is 6.54. The second-order valence-electron chi connectivity index (χ2n) is 6.16. The first kappa shape index (κ1) is 19.7. The van der Waals surface area contributed by atoms with E-state index >= 15 is 0 Å². The molecule has 2 heterocycles. The fraction of sp³-hybridized carbons (Fsp3) is 0.0476. The molecule has 0 radical (unpaired) electrons. The molecule has 4 rings (SSSR count). The standard InChI is InChI=1S/C21H15N3O4S2/c1-27-19(26)13-8-6-12(7-9-13)18(25)23-20(29)24-21-22-15(11-30-21)17-10-14-4-2-3-5-16(14)28-17/h2-11H,1H3,(H2,22,23,24,25,29). The zero-order valence-corrected chi connectivity index (χ0v) is 17.3. The molecule has 2 N–H and O–H groups in total. The third-order valence-electron chi connectivity index (χ3n) is 4.20. The number of esters is 1. The fourth-order valence-electron chi connectivity index (χ4n) is 2.73. The lowest BCUT2D eigenvalue weighted by atomic mass is 10.1. The van der Waals surface area contributed by atoms with Gasteiger partial charge in [-0.3, -0.25) is 10.1 Å². The first-order valence-electron chi connectivity index (χ1n) is 8.78. The van der Waals surface area contributed by atoms with Gasteiger partial charge < -0.3 is 14.5 Å². The molecule has 1 amide bonds. The number of nitrogens with zero attached hydrogens (tertiary/aromatic N) is 1. The summed E-state index contributed by atoms with van der Waals surface area (Å²) in [5, 5.41) is 8.96. The van der Waals surface area contributed by atoms with Gasteiger partial charge in [0.05, 0.1) is 12.7 Å². The maximum atomic E-state index is 12.3. The molecular formula is C21H15N3O4S2. The number of carbonyl (C=O) groups excluding carboxylic acids is 2. The van der Waals surface area contributed by atoms with Crippen LogP contribution in [0.3, 0.4) is 0 Å². The van der Waals surface area contributed by atoms with Gasteiger partial charge in [0, 0.05) is 16.3 Å². The normalized spacial score (nSPS) is 10.6. The van der Waals surface area contributed by atoms with Crippen LogP contribution in [0.5, 0.6) is 0 Å². The molecule has 0 saturated carbocycles. The summed E-state index contributed by atoms with van der Waals surface area (Å²) in [5.41, 5.74) is 2.17. The molecule has 0 aliphatic rings. The Bertz CT molecular complexity index is 1210. The van der Waals surface area contributed by atoms with Gasteiger partial charge in [-0.1, -0.05) is 18.2 Å². The van der Waals surface area contributed by atoms with Gasteiger partial charge in [0.25, 0.3) is 5.91 Å². The predicted molar refractivity (Wildman–Crippen MR) is 119 cm³/mol. The molecule has 0 unspecified atom stereocenters. The number of hydrogen-bond donors (Lipinski definition) is 2. The van der Waals surface area contributed by atoms with Crippen LogP contribution in [0, 0.1) is 0 Å². The first-order chi connectivity index (χ1) is 14.5. The number of para-hydroxylation sites is 1. The zero-order chi connectivity index (χ0) is 21.1. The minimum Gasteiger partial charge on any atom is -0.465 e. The number of rotatable bonds is 4. The van der Waals surface area contributed by atoms with E-state index in [0.717, 1.165) is 11.0 Å². The van der Waals surface area contributed by atoms with Crippen LogP contribution >= 0.6 is 23.6 Å². The molecule has 0 atom stereocenters. The van der Waals surface area contributed by atoms with Crippen LogP contribution in [0.15, 0.2) is 64.4 Å². The van der Waals surface area contributed by atoms with Crippen LogP contribution in [0.4, 0.5) is 5.13 Å². The molecule has 9 heteroatoms. The Morgan fingerprint density at radius 2 is 1.83 bits per heavy atom. The van der Waals surface area contributed by atoms with Crippen LogP contribution in [-0.4, -0.2) is 29.1 Å². The highest BCUT2D eigenvalue weighted by Crippen LogP contribution is 2.30. The van der Waals surface area contributed by atoms with Crippen molar-refractivity contribution in [2.75, 3.05) is 12.4 Å². The number of hydrogen-bond acceptors (Lipinski definition) is 7. The molecule has 0 aliphatic heterocycles. The van der Waals surface area contributed by atoms with E-state index < -0.39 is 11.9 Å². The highest BCUT2D eigenvalue weighted by atomic mass is 32.1. The Morgan fingerprint density at radius 1 is 1.10 bits per heavy atom. The number of carbonyl (C=O) groups is 2. The molecule has 2 aromatic carbocycles. The second-order valence-corrected chi connectivity index (χ2v) is 7.43. The average Bonchev–Trinajstić information content (AvgIpc) is 3.39. The van der Waals surface area contributed by atoms with E-state index in [2.05, 4.69) is 20.4 Å². The fourth-order valence-corrected chi connectivity index (χ4v) is 3.69. The Kier molecular flexibility index (Phi) is 5.55. The average molecular weight is 438 g/mol. The number of methoxy groups -OCH3 is 1. The number of ether oxygens (including phenoxy) is 1. The van der Waals surface area contributed by atoms with E-state index in [4.69, 9.17) is 16.6 Å². The lowest BCUT2D eigenvalue weighted by molar-refractivity contribution is 0.0600. The summed E-state index contributed by atoms with van der Waals surface area (Å²) in [6, 6.07) is 15.7. The molecule has 4 aromatic rings. The van der Waals surface area contributed by atoms with E-state index in [1.165, 1.54) is 42.7 Å². The van der Waals surface area contributed by atoms with Crippen molar-refractivity contribution in [3.8, 4) is 11.5 Å². The van der Waals surface area contributed by atoms with E-state index in [1.807, 2.05) is 35.7 Å². The summed E-state index contributed by atoms with van der Waals surface area (Å²) in [7, 11) is 1.30. The minimum absolute atomic E-state index is 0.113. The third-order valence-corrected chi connectivity index (χ3v) is 5.16. The Morgan fingerprint density at radius 3 is 2.57 bits per heavy atom. The van der Waals surface area contributed by atoms with Gasteiger partial charge in [-0.15, -0.1) is 11.3 Å². The maximum absolute atomic E-state index is 12.3. The lowest BCUT2D eigenvalue weighted by Crippen LogP contribution is -2.34. The van der Waals surface area contributed by atoms with Gasteiger partial charge in [-0.05, 0) is 48.6 Å². The molecule has 7 nitrogen and oxygen atoms in total. The summed E-state index contributed by atoms with van der Waals surface area (Å²) in [6.45, 7) is 0. The van der Waals surface area contributed by atoms with Crippen molar-refractivity contribution in [3.05, 3.63) is 71.1 Å². The maximum Gasteiger partial charge on any atom is 0.337 e. The highest BCUT2D eigenvalue weighted by Gasteiger charge is 2.13. The number of anilines is 1. The second kappa shape index (κ2) is 8.44. The molecule has 0 bridgehead atoms. The largest absolute Gasteiger partial charge is 0.465 e. The van der Waals surface area contributed by atoms with Crippen LogP contribution in [0.2, 0.25) is 0 Å². The van der Waals surface area contributed by atoms with Crippen molar-refractivity contribution in [2.24, 2.45) is 0 Å². The van der Waals surface area contributed by atoms with E-state index in [1.54, 1.807) is 0 Å². The number of furan rings is 1. The predicted octanol–water partition coefficient (Wildman–Crippen LogP) is 4.47. The van der Waals surface area contributed by atoms with Crippen LogP contribution in [0.1, 0.15) is 20.7 Å². The Balaban J connectivity index is 1.39. The van der Waals surface area contributed by atoms with E-state index in [9.17, 15) is 9.59 Å². The first-order valence-corrected chi connectivity index (χ1v) is 10.1. The van der Waals surface area contributed by atoms with Gasteiger partial charge in [0.2, 0.25) is 0 Å². The molecular weight excluding hydrogens is 422 g/mol. The summed E-state index contributed by atoms with van der Waals surface area (Å²) in [6.07, 6.45) is 0. The molecule has 0 saturated heterocycles. The quantitative estimate of drug-likeness (QED) is 0.359. The smallest absolute Gasteiger partial charge is 0.337 e. The molecule has 0 fully saturated rings. The number of nitrogens with one attached hydrogen (secondary N) is 2. The molecule has 150 valence electrons. The molecule has 30 heavy (non-hydrogen) atoms. The van der Waals surface area contributed by atoms with Crippen molar-refractivity contribution < 1.29 is 18.7 Å². The Labute approximate surface area is 180 Å². The molecule has 0 aliphatic carbocycles. The van der Waals surface area contributed by atoms with E-state index in [0.29, 0.717) is 27.7 Å². The number of thiocarbonyl (C=S) groups is 1. The number of benzene rings is 2. The van der Waals surface area contributed by atoms with Crippen LogP contribution in [-0.2, 0) is 4.74 Å². The summed E-state index contributed by atoms with van der Waals surface area (Å²) < 4.78 is 10.4.